The molecule has 3 nitrogen and oxygen atoms in total. The first kappa shape index (κ1) is 16.1. The van der Waals surface area contributed by atoms with Gasteiger partial charge in [-0.25, -0.2) is 4.79 Å². The van der Waals surface area contributed by atoms with Gasteiger partial charge in [-0.2, -0.15) is 30.9 Å². The third-order valence-corrected chi connectivity index (χ3v) is 2.57. The molecule has 0 bridgehead atoms. The van der Waals surface area contributed by atoms with Crippen LogP contribution in [0.15, 0.2) is 15.3 Å². The van der Waals surface area contributed by atoms with Crippen molar-refractivity contribution in [1.82, 2.24) is 0 Å². The summed E-state index contributed by atoms with van der Waals surface area (Å²) in [6.07, 6.45) is -4.83. The molecule has 0 saturated heterocycles. The van der Waals surface area contributed by atoms with E-state index in [0.717, 1.165) is 0 Å². The zero-order valence-corrected chi connectivity index (χ0v) is 14.3. The molecule has 0 atom stereocenters. The van der Waals surface area contributed by atoms with E-state index in [2.05, 4.69) is 6.07 Å². The molecule has 0 aliphatic carbocycles. The van der Waals surface area contributed by atoms with E-state index in [4.69, 9.17) is 10.2 Å². The molecule has 0 amide bonds. The van der Waals surface area contributed by atoms with Gasteiger partial charge in [-0.05, 0) is 0 Å². The van der Waals surface area contributed by atoms with Crippen LogP contribution in [0.5, 0.6) is 0 Å². The number of alkyl halides is 3. The van der Waals surface area contributed by atoms with Crippen LogP contribution >= 0.6 is 0 Å². The SMILES string of the molecule is Cc1[c-]c(C)c2oc(=O)c(C(F)(F)F)c(N)c2c1.[U]. The number of halogens is 3. The number of nitrogen functional groups attached to an aromatic ring is 1. The van der Waals surface area contributed by atoms with Crippen molar-refractivity contribution >= 4 is 16.7 Å². The molecule has 2 aromatic rings. The molecule has 2 rings (SSSR count). The molecule has 0 aliphatic rings. The van der Waals surface area contributed by atoms with Gasteiger partial charge in [-0.1, -0.05) is 19.2 Å². The molecular weight excluding hydrogens is 485 g/mol. The fourth-order valence-corrected chi connectivity index (χ4v) is 1.86. The Morgan fingerprint density at radius 2 is 1.89 bits per heavy atom. The van der Waals surface area contributed by atoms with Crippen LogP contribution in [0, 0.1) is 51.0 Å². The van der Waals surface area contributed by atoms with Crippen molar-refractivity contribution in [2.45, 2.75) is 20.0 Å². The zero-order chi connectivity index (χ0) is 13.7. The van der Waals surface area contributed by atoms with Crippen LogP contribution in [0.1, 0.15) is 16.7 Å². The predicted molar refractivity (Wildman–Crippen MR) is 60.2 cm³/mol. The Morgan fingerprint density at radius 1 is 1.32 bits per heavy atom. The monoisotopic (exact) mass is 494 g/mol. The summed E-state index contributed by atoms with van der Waals surface area (Å²) in [5.41, 5.74) is 3.01. The summed E-state index contributed by atoms with van der Waals surface area (Å²) in [5, 5.41) is 0.0793. The molecule has 19 heavy (non-hydrogen) atoms. The average Bonchev–Trinajstić information content (AvgIpc) is 2.18. The van der Waals surface area contributed by atoms with Gasteiger partial charge in [0.05, 0.1) is 0 Å². The molecule has 0 unspecified atom stereocenters. The first-order valence-electron chi connectivity index (χ1n) is 5.05. The minimum absolute atomic E-state index is 0. The van der Waals surface area contributed by atoms with Crippen LogP contribution < -0.4 is 11.4 Å². The predicted octanol–water partition coefficient (Wildman–Crippen LogP) is 2.81. The third-order valence-electron chi connectivity index (χ3n) is 2.57. The summed E-state index contributed by atoms with van der Waals surface area (Å²) in [6, 6.07) is 4.27. The van der Waals surface area contributed by atoms with Crippen molar-refractivity contribution in [1.29, 1.82) is 0 Å². The number of aryl methyl sites for hydroxylation is 2. The van der Waals surface area contributed by atoms with E-state index in [0.29, 0.717) is 11.1 Å². The molecule has 1 aromatic heterocycles. The molecule has 0 aliphatic heterocycles. The second-order valence-electron chi connectivity index (χ2n) is 4.00. The minimum atomic E-state index is -4.83. The van der Waals surface area contributed by atoms with Crippen molar-refractivity contribution in [3.8, 4) is 0 Å². The molecular formula is C12H9F3NO2U-. The summed E-state index contributed by atoms with van der Waals surface area (Å²) in [6.45, 7) is 3.26. The number of anilines is 1. The normalized spacial score (nSPS) is 11.4. The minimum Gasteiger partial charge on any atom is -0.486 e. The summed E-state index contributed by atoms with van der Waals surface area (Å²) in [7, 11) is 0. The van der Waals surface area contributed by atoms with Crippen molar-refractivity contribution in [3.63, 3.8) is 0 Å². The summed E-state index contributed by atoms with van der Waals surface area (Å²) in [5.74, 6) is 0. The van der Waals surface area contributed by atoms with Gasteiger partial charge in [0.25, 0.3) is 0 Å². The first-order chi connectivity index (χ1) is 8.21. The molecule has 1 heterocycles. The second kappa shape index (κ2) is 5.22. The van der Waals surface area contributed by atoms with Gasteiger partial charge in [0.15, 0.2) is 5.56 Å². The Bertz CT molecular complexity index is 692. The standard InChI is InChI=1S/C12H9F3NO2.U/c1-5-3-6(2)10-7(4-5)9(16)8(11(17)18-10)12(13,14)15;/h4H,16H2,1-2H3;/q-1;. The molecule has 0 radical (unpaired) electrons. The summed E-state index contributed by atoms with van der Waals surface area (Å²) >= 11 is 0. The van der Waals surface area contributed by atoms with Gasteiger partial charge in [0, 0.05) is 42.4 Å². The van der Waals surface area contributed by atoms with E-state index in [1.54, 1.807) is 13.8 Å². The van der Waals surface area contributed by atoms with Crippen LogP contribution in [-0.2, 0) is 6.18 Å². The van der Waals surface area contributed by atoms with Crippen LogP contribution in [0.4, 0.5) is 18.9 Å². The fourth-order valence-electron chi connectivity index (χ4n) is 1.86. The first-order valence-corrected chi connectivity index (χ1v) is 5.05. The Kier molecular flexibility index (Phi) is 4.43. The largest absolute Gasteiger partial charge is 0.486 e. The number of benzene rings is 1. The fraction of sp³-hybridized carbons (Fsp3) is 0.250. The van der Waals surface area contributed by atoms with E-state index in [9.17, 15) is 18.0 Å². The zero-order valence-electron chi connectivity index (χ0n) is 10.1. The molecule has 100 valence electrons. The van der Waals surface area contributed by atoms with E-state index >= 15 is 0 Å². The summed E-state index contributed by atoms with van der Waals surface area (Å²) in [4.78, 5) is 11.4. The Labute approximate surface area is 130 Å². The van der Waals surface area contributed by atoms with Gasteiger partial charge in [0.2, 0.25) is 0 Å². The maximum absolute atomic E-state index is 12.7. The number of hydrogen-bond acceptors (Lipinski definition) is 3. The Morgan fingerprint density at radius 3 is 2.42 bits per heavy atom. The molecule has 2 N–H and O–H groups in total. The molecule has 0 saturated carbocycles. The number of fused-ring (bicyclic) bond motifs is 1. The van der Waals surface area contributed by atoms with E-state index in [1.807, 2.05) is 0 Å². The van der Waals surface area contributed by atoms with Crippen molar-refractivity contribution in [2.24, 2.45) is 0 Å². The molecule has 0 fully saturated rings. The van der Waals surface area contributed by atoms with E-state index in [-0.39, 0.29) is 42.1 Å². The van der Waals surface area contributed by atoms with Gasteiger partial charge in [-0.3, -0.25) is 0 Å². The maximum atomic E-state index is 12.7. The van der Waals surface area contributed by atoms with Gasteiger partial charge >= 0.3 is 11.8 Å². The van der Waals surface area contributed by atoms with Gasteiger partial charge in [-0.15, -0.1) is 5.56 Å². The van der Waals surface area contributed by atoms with Crippen LogP contribution in [-0.4, -0.2) is 0 Å². The number of hydrogen-bond donors (Lipinski definition) is 1. The van der Waals surface area contributed by atoms with Crippen LogP contribution in [0.3, 0.4) is 0 Å². The molecule has 0 spiro atoms. The molecule has 7 heteroatoms. The number of rotatable bonds is 0. The van der Waals surface area contributed by atoms with Gasteiger partial charge < -0.3 is 10.2 Å². The topological polar surface area (TPSA) is 56.2 Å². The van der Waals surface area contributed by atoms with Gasteiger partial charge in [0.1, 0.15) is 0 Å². The second-order valence-corrected chi connectivity index (χ2v) is 4.00. The maximum Gasteiger partial charge on any atom is 0.425 e. The van der Waals surface area contributed by atoms with Crippen LogP contribution in [0.2, 0.25) is 0 Å². The summed E-state index contributed by atoms with van der Waals surface area (Å²) < 4.78 is 42.8. The van der Waals surface area contributed by atoms with Crippen molar-refractivity contribution in [2.75, 3.05) is 5.73 Å². The van der Waals surface area contributed by atoms with Crippen molar-refractivity contribution in [3.05, 3.63) is 39.2 Å². The quantitative estimate of drug-likeness (QED) is 0.453. The van der Waals surface area contributed by atoms with Crippen molar-refractivity contribution < 1.29 is 48.7 Å². The third kappa shape index (κ3) is 2.82. The van der Waals surface area contributed by atoms with Crippen LogP contribution in [0.25, 0.3) is 11.0 Å². The van der Waals surface area contributed by atoms with E-state index < -0.39 is 23.1 Å². The Balaban J connectivity index is 0.00000180. The Hall–Kier alpha value is -0.928. The average molecular weight is 494 g/mol. The molecule has 1 aromatic carbocycles. The van der Waals surface area contributed by atoms with E-state index in [1.165, 1.54) is 6.07 Å². The smallest absolute Gasteiger partial charge is 0.425 e. The number of nitrogens with two attached hydrogens (primary N) is 1.